The molecule has 2 fully saturated rings. The summed E-state index contributed by atoms with van der Waals surface area (Å²) in [5.74, 6) is -5.21. The molecule has 66 heavy (non-hydrogen) atoms. The van der Waals surface area contributed by atoms with Gasteiger partial charge in [-0.1, -0.05) is 63.8 Å². The first kappa shape index (κ1) is 55.1. The van der Waals surface area contributed by atoms with Crippen LogP contribution < -0.4 is 9.80 Å². The molecule has 2 aromatic carbocycles. The van der Waals surface area contributed by atoms with Gasteiger partial charge in [-0.3, -0.25) is 0 Å². The lowest BCUT2D eigenvalue weighted by atomic mass is 10.2. The van der Waals surface area contributed by atoms with Crippen molar-refractivity contribution in [3.05, 3.63) is 85.0 Å². The molecular formula is C46H64N8O12. The molecule has 0 atom stereocenters. The fraction of sp³-hybridized carbons (Fsp3) is 0.435. The van der Waals surface area contributed by atoms with E-state index in [1.54, 1.807) is 0 Å². The van der Waals surface area contributed by atoms with Crippen LogP contribution in [0.3, 0.4) is 0 Å². The lowest BCUT2D eigenvalue weighted by molar-refractivity contribution is -0.134. The summed E-state index contributed by atoms with van der Waals surface area (Å²) >= 11 is 0. The van der Waals surface area contributed by atoms with Crippen LogP contribution in [0.15, 0.2) is 85.0 Å². The Morgan fingerprint density at radius 1 is 0.455 bits per heavy atom. The van der Waals surface area contributed by atoms with E-state index in [0.717, 1.165) is 76.5 Å². The molecule has 6 N–H and O–H groups in total. The lowest BCUT2D eigenvalue weighted by Crippen LogP contribution is -2.45. The van der Waals surface area contributed by atoms with Crippen LogP contribution in [0.25, 0.3) is 22.1 Å². The molecule has 2 aliphatic rings. The highest BCUT2D eigenvalue weighted by Crippen LogP contribution is 2.26. The summed E-state index contributed by atoms with van der Waals surface area (Å²) in [6, 6.07) is 17.1. The third kappa shape index (κ3) is 21.1. The highest BCUT2D eigenvalue weighted by molar-refractivity contribution is 5.90. The van der Waals surface area contributed by atoms with E-state index in [9.17, 15) is 28.8 Å². The fourth-order valence-electron chi connectivity index (χ4n) is 6.53. The molecule has 6 rings (SSSR count). The van der Waals surface area contributed by atoms with Crippen molar-refractivity contribution in [3.8, 4) is 0 Å². The molecule has 2 aromatic heterocycles. The van der Waals surface area contributed by atoms with Gasteiger partial charge in [0.1, 0.15) is 0 Å². The van der Waals surface area contributed by atoms with Crippen molar-refractivity contribution in [2.24, 2.45) is 0 Å². The fourth-order valence-corrected chi connectivity index (χ4v) is 6.53. The number of benzene rings is 2. The number of hydrogen-bond donors (Lipinski definition) is 6. The molecule has 4 aromatic rings. The standard InChI is InChI=1S/2C17H26N4.3C4H4O4/c2*1-3-4-7-10-21-16-9-6-5-8-15(16)18-17(21)20-13-11-19(2)12-14-20;3*5-3(6)1-2-4(7)8/h2*5-6,8-9H,3-4,7,10-14H2,1-2H3;3*1-2H,(H,5,6)(H,7,8)/b;;3*2-1+. The molecule has 0 aliphatic carbocycles. The van der Waals surface area contributed by atoms with Gasteiger partial charge in [0.15, 0.2) is 0 Å². The monoisotopic (exact) mass is 920 g/mol. The van der Waals surface area contributed by atoms with Crippen LogP contribution >= 0.6 is 0 Å². The highest BCUT2D eigenvalue weighted by Gasteiger charge is 2.22. The number of rotatable bonds is 16. The molecule has 0 unspecified atom stereocenters. The minimum Gasteiger partial charge on any atom is -0.478 e. The van der Waals surface area contributed by atoms with Crippen molar-refractivity contribution >= 4 is 69.8 Å². The van der Waals surface area contributed by atoms with E-state index in [1.807, 2.05) is 0 Å². The van der Waals surface area contributed by atoms with Crippen LogP contribution in [0.4, 0.5) is 11.9 Å². The quantitative estimate of drug-likeness (QED) is 0.0631. The average molecular weight is 921 g/mol. The Hall–Kier alpha value is -7.06. The number of hydrogen-bond acceptors (Lipinski definition) is 12. The predicted octanol–water partition coefficient (Wildman–Crippen LogP) is 5.09. The van der Waals surface area contributed by atoms with Gasteiger partial charge in [0, 0.05) is 102 Å². The minimum atomic E-state index is -1.26. The molecule has 20 nitrogen and oxygen atoms in total. The highest BCUT2D eigenvalue weighted by atomic mass is 16.4. The lowest BCUT2D eigenvalue weighted by Gasteiger charge is -2.33. The number of likely N-dealkylation sites (N-methyl/N-ethyl adjacent to an activating group) is 2. The Bertz CT molecular complexity index is 2020. The summed E-state index contributed by atoms with van der Waals surface area (Å²) in [4.78, 5) is 76.8. The maximum Gasteiger partial charge on any atom is 0.328 e. The molecular weight excluding hydrogens is 857 g/mol. The number of carboxylic acid groups (broad SMARTS) is 6. The zero-order valence-electron chi connectivity index (χ0n) is 38.1. The van der Waals surface area contributed by atoms with E-state index in [-0.39, 0.29) is 0 Å². The molecule has 4 heterocycles. The number of fused-ring (bicyclic) bond motifs is 2. The smallest absolute Gasteiger partial charge is 0.328 e. The summed E-state index contributed by atoms with van der Waals surface area (Å²) in [6.07, 6.45) is 10.9. The number of aliphatic carboxylic acids is 6. The number of imidazole rings is 2. The zero-order chi connectivity index (χ0) is 49.0. The number of carbonyl (C=O) groups is 6. The van der Waals surface area contributed by atoms with Gasteiger partial charge in [0.05, 0.1) is 22.1 Å². The van der Waals surface area contributed by atoms with E-state index >= 15 is 0 Å². The Morgan fingerprint density at radius 2 is 0.727 bits per heavy atom. The van der Waals surface area contributed by atoms with Crippen molar-refractivity contribution in [1.29, 1.82) is 0 Å². The molecule has 2 aliphatic heterocycles. The first-order valence-electron chi connectivity index (χ1n) is 21.7. The predicted molar refractivity (Wildman–Crippen MR) is 251 cm³/mol. The number of aryl methyl sites for hydroxylation is 2. The molecule has 0 saturated carbocycles. The molecule has 2 saturated heterocycles. The molecule has 20 heteroatoms. The second-order valence-corrected chi connectivity index (χ2v) is 15.1. The van der Waals surface area contributed by atoms with E-state index in [1.165, 1.54) is 61.5 Å². The zero-order valence-corrected chi connectivity index (χ0v) is 38.1. The van der Waals surface area contributed by atoms with Gasteiger partial charge < -0.3 is 59.4 Å². The Morgan fingerprint density at radius 3 is 0.985 bits per heavy atom. The Balaban J connectivity index is 0.000000309. The van der Waals surface area contributed by atoms with Gasteiger partial charge in [-0.2, -0.15) is 0 Å². The van der Waals surface area contributed by atoms with Crippen LogP contribution in [0.1, 0.15) is 52.4 Å². The summed E-state index contributed by atoms with van der Waals surface area (Å²) in [5, 5.41) is 46.9. The van der Waals surface area contributed by atoms with Crippen LogP contribution in [0, 0.1) is 0 Å². The Kier molecular flexibility index (Phi) is 25.2. The van der Waals surface area contributed by atoms with Crippen LogP contribution in [-0.4, -0.2) is 162 Å². The first-order valence-corrected chi connectivity index (χ1v) is 21.7. The number of para-hydroxylation sites is 4. The number of unbranched alkanes of at least 4 members (excludes halogenated alkanes) is 4. The van der Waals surface area contributed by atoms with Crippen molar-refractivity contribution in [1.82, 2.24) is 28.9 Å². The Labute approximate surface area is 384 Å². The summed E-state index contributed by atoms with van der Waals surface area (Å²) in [7, 11) is 4.39. The number of nitrogens with zero attached hydrogens (tertiary/aromatic N) is 8. The SMILES string of the molecule is CCCCCn1c(N2CCN(C)CC2)nc2ccccc21.CCCCCn1c(N2CCN(C)CC2)nc2ccccc21.O=C(O)/C=C/C(=O)O.O=C(O)/C=C/C(=O)O.O=C(O)/C=C/C(=O)O. The van der Waals surface area contributed by atoms with Crippen molar-refractivity contribution in [2.45, 2.75) is 65.5 Å². The molecule has 0 spiro atoms. The van der Waals surface area contributed by atoms with Gasteiger partial charge in [0.25, 0.3) is 0 Å². The van der Waals surface area contributed by atoms with Crippen LogP contribution in [-0.2, 0) is 41.9 Å². The normalized spacial score (nSPS) is 14.1. The van der Waals surface area contributed by atoms with Gasteiger partial charge in [-0.15, -0.1) is 0 Å². The van der Waals surface area contributed by atoms with Crippen LogP contribution in [0.2, 0.25) is 0 Å². The van der Waals surface area contributed by atoms with Gasteiger partial charge in [-0.05, 0) is 51.2 Å². The molecule has 360 valence electrons. The number of piperazine rings is 2. The summed E-state index contributed by atoms with van der Waals surface area (Å²) in [6.45, 7) is 15.5. The number of aromatic nitrogens is 4. The molecule has 0 radical (unpaired) electrons. The first-order chi connectivity index (χ1) is 31.5. The maximum absolute atomic E-state index is 9.55. The third-order valence-corrected chi connectivity index (χ3v) is 9.92. The minimum absolute atomic E-state index is 0.558. The number of carboxylic acids is 6. The third-order valence-electron chi connectivity index (χ3n) is 9.92. The van der Waals surface area contributed by atoms with E-state index < -0.39 is 35.8 Å². The van der Waals surface area contributed by atoms with E-state index in [0.29, 0.717) is 36.5 Å². The van der Waals surface area contributed by atoms with Gasteiger partial charge in [0.2, 0.25) is 11.9 Å². The molecule has 0 bridgehead atoms. The maximum atomic E-state index is 9.55. The summed E-state index contributed by atoms with van der Waals surface area (Å²) < 4.78 is 4.85. The van der Waals surface area contributed by atoms with Crippen molar-refractivity contribution in [2.75, 3.05) is 76.3 Å². The topological polar surface area (TPSA) is 272 Å². The second-order valence-electron chi connectivity index (χ2n) is 15.1. The van der Waals surface area contributed by atoms with E-state index in [4.69, 9.17) is 40.6 Å². The average Bonchev–Trinajstić information content (AvgIpc) is 3.84. The largest absolute Gasteiger partial charge is 0.478 e. The van der Waals surface area contributed by atoms with Crippen molar-refractivity contribution in [3.63, 3.8) is 0 Å². The summed E-state index contributed by atoms with van der Waals surface area (Å²) in [5.41, 5.74) is 4.82. The van der Waals surface area contributed by atoms with E-state index in [2.05, 4.69) is 105 Å². The number of anilines is 2. The van der Waals surface area contributed by atoms with Crippen LogP contribution in [0.5, 0.6) is 0 Å². The second kappa shape index (κ2) is 30.1. The molecule has 0 amide bonds. The van der Waals surface area contributed by atoms with Crippen molar-refractivity contribution < 1.29 is 59.4 Å². The van der Waals surface area contributed by atoms with Gasteiger partial charge >= 0.3 is 35.8 Å². The van der Waals surface area contributed by atoms with Gasteiger partial charge in [-0.25, -0.2) is 38.7 Å².